The van der Waals surface area contributed by atoms with Gasteiger partial charge in [-0.15, -0.1) is 0 Å². The summed E-state index contributed by atoms with van der Waals surface area (Å²) in [5, 5.41) is 8.77. The number of nitrogens with one attached hydrogen (secondary N) is 2. The topological polar surface area (TPSA) is 112 Å². The maximum atomic E-state index is 12.1. The fourth-order valence-corrected chi connectivity index (χ4v) is 2.90. The molecule has 0 radical (unpaired) electrons. The molecule has 108 valence electrons. The first-order valence-electron chi connectivity index (χ1n) is 5.80. The molecular weight excluding hydrogens is 284 g/mol. The van der Waals surface area contributed by atoms with E-state index in [2.05, 4.69) is 9.71 Å². The van der Waals surface area contributed by atoms with Crippen molar-refractivity contribution in [3.8, 4) is 0 Å². The second kappa shape index (κ2) is 5.14. The van der Waals surface area contributed by atoms with Crippen molar-refractivity contribution in [3.63, 3.8) is 0 Å². The molecule has 0 saturated heterocycles. The molecule has 0 bridgehead atoms. The Labute approximate surface area is 115 Å². The first-order chi connectivity index (χ1) is 9.29. The highest BCUT2D eigenvalue weighted by molar-refractivity contribution is 7.89. The van der Waals surface area contributed by atoms with Crippen molar-refractivity contribution in [1.29, 1.82) is 0 Å². The second-order valence-electron chi connectivity index (χ2n) is 4.35. The molecule has 2 rings (SSSR count). The first kappa shape index (κ1) is 14.4. The molecule has 3 N–H and O–H groups in total. The number of H-pyrrole nitrogens is 1. The van der Waals surface area contributed by atoms with Crippen LogP contribution in [-0.2, 0) is 10.0 Å². The summed E-state index contributed by atoms with van der Waals surface area (Å²) in [5.41, 5.74) is -0.188. The summed E-state index contributed by atoms with van der Waals surface area (Å²) in [6.45, 7) is 3.40. The van der Waals surface area contributed by atoms with Gasteiger partial charge in [0.1, 0.15) is 22.1 Å². The van der Waals surface area contributed by atoms with E-state index in [9.17, 15) is 13.2 Å². The smallest absolute Gasteiger partial charge is 0.352 e. The predicted octanol–water partition coefficient (Wildman–Crippen LogP) is 1.65. The number of aryl methyl sites for hydroxylation is 1. The molecule has 0 aliphatic rings. The van der Waals surface area contributed by atoms with Gasteiger partial charge in [0.05, 0.1) is 6.04 Å². The van der Waals surface area contributed by atoms with Gasteiger partial charge in [-0.2, -0.15) is 0 Å². The van der Waals surface area contributed by atoms with Gasteiger partial charge in [-0.1, -0.05) is 0 Å². The molecule has 0 amide bonds. The molecule has 0 aliphatic carbocycles. The van der Waals surface area contributed by atoms with Crippen molar-refractivity contribution in [3.05, 3.63) is 41.6 Å². The minimum atomic E-state index is -3.82. The van der Waals surface area contributed by atoms with E-state index in [1.54, 1.807) is 26.0 Å². The Morgan fingerprint density at radius 2 is 2.15 bits per heavy atom. The van der Waals surface area contributed by atoms with Gasteiger partial charge in [-0.05, 0) is 32.0 Å². The zero-order valence-electron chi connectivity index (χ0n) is 10.9. The van der Waals surface area contributed by atoms with Crippen molar-refractivity contribution in [2.75, 3.05) is 0 Å². The van der Waals surface area contributed by atoms with Crippen LogP contribution in [0.4, 0.5) is 0 Å². The van der Waals surface area contributed by atoms with Crippen molar-refractivity contribution in [1.82, 2.24) is 9.71 Å². The van der Waals surface area contributed by atoms with Gasteiger partial charge < -0.3 is 14.5 Å². The highest BCUT2D eigenvalue weighted by atomic mass is 32.2. The minimum absolute atomic E-state index is 0.134. The van der Waals surface area contributed by atoms with E-state index in [1.165, 1.54) is 0 Å². The van der Waals surface area contributed by atoms with E-state index >= 15 is 0 Å². The first-order valence-corrected chi connectivity index (χ1v) is 7.28. The maximum absolute atomic E-state index is 12.1. The number of aromatic carboxylic acids is 1. The number of hydrogen-bond donors (Lipinski definition) is 3. The Balaban J connectivity index is 2.20. The fraction of sp³-hybridized carbons (Fsp3) is 0.250. The summed E-state index contributed by atoms with van der Waals surface area (Å²) >= 11 is 0. The van der Waals surface area contributed by atoms with Crippen LogP contribution < -0.4 is 4.72 Å². The molecule has 1 atom stereocenters. The summed E-state index contributed by atoms with van der Waals surface area (Å²) in [6.07, 6.45) is 1.13. The number of carboxylic acid groups (broad SMARTS) is 1. The normalized spacial score (nSPS) is 13.3. The highest BCUT2D eigenvalue weighted by Crippen LogP contribution is 2.19. The predicted molar refractivity (Wildman–Crippen MR) is 69.9 cm³/mol. The third-order valence-electron chi connectivity index (χ3n) is 2.72. The molecule has 0 saturated carbocycles. The van der Waals surface area contributed by atoms with Gasteiger partial charge in [0.25, 0.3) is 0 Å². The van der Waals surface area contributed by atoms with Gasteiger partial charge in [-0.3, -0.25) is 0 Å². The van der Waals surface area contributed by atoms with Crippen LogP contribution >= 0.6 is 0 Å². The summed E-state index contributed by atoms with van der Waals surface area (Å²) in [7, 11) is -3.82. The number of rotatable bonds is 5. The summed E-state index contributed by atoms with van der Waals surface area (Å²) in [4.78, 5) is 13.0. The molecule has 2 aromatic heterocycles. The van der Waals surface area contributed by atoms with Crippen LogP contribution in [0.3, 0.4) is 0 Å². The Morgan fingerprint density at radius 3 is 2.65 bits per heavy atom. The largest absolute Gasteiger partial charge is 0.477 e. The van der Waals surface area contributed by atoms with E-state index in [4.69, 9.17) is 9.52 Å². The van der Waals surface area contributed by atoms with Crippen molar-refractivity contribution >= 4 is 16.0 Å². The molecule has 20 heavy (non-hydrogen) atoms. The standard InChI is InChI=1S/C12H14N2O5S/c1-7-3-4-11(19-7)8(2)14-20(17,18)9-5-10(12(15)16)13-6-9/h3-6,8,13-14H,1-2H3,(H,15,16). The average Bonchev–Trinajstić information content (AvgIpc) is 2.96. The fourth-order valence-electron chi connectivity index (χ4n) is 1.70. The maximum Gasteiger partial charge on any atom is 0.352 e. The Morgan fingerprint density at radius 1 is 1.45 bits per heavy atom. The number of furan rings is 1. The summed E-state index contributed by atoms with van der Waals surface area (Å²) < 4.78 is 31.9. The van der Waals surface area contributed by atoms with Gasteiger partial charge >= 0.3 is 5.97 Å². The number of aromatic amines is 1. The van der Waals surface area contributed by atoms with E-state index < -0.39 is 22.0 Å². The van der Waals surface area contributed by atoms with Crippen molar-refractivity contribution in [2.45, 2.75) is 24.8 Å². The monoisotopic (exact) mass is 298 g/mol. The molecule has 2 aromatic rings. The average molecular weight is 298 g/mol. The van der Waals surface area contributed by atoms with Crippen molar-refractivity contribution in [2.24, 2.45) is 0 Å². The minimum Gasteiger partial charge on any atom is -0.477 e. The Hall–Kier alpha value is -2.06. The highest BCUT2D eigenvalue weighted by Gasteiger charge is 2.22. The molecular formula is C12H14N2O5S. The van der Waals surface area contributed by atoms with E-state index in [0.717, 1.165) is 12.3 Å². The van der Waals surface area contributed by atoms with Crippen LogP contribution in [0.2, 0.25) is 0 Å². The third-order valence-corrected chi connectivity index (χ3v) is 4.24. The second-order valence-corrected chi connectivity index (χ2v) is 6.06. The number of carbonyl (C=O) groups is 1. The van der Waals surface area contributed by atoms with Crippen LogP contribution in [0.1, 0.15) is 35.0 Å². The Kier molecular flexibility index (Phi) is 3.69. The summed E-state index contributed by atoms with van der Waals surface area (Å²) in [6, 6.07) is 3.92. The molecule has 0 aromatic carbocycles. The lowest BCUT2D eigenvalue weighted by Gasteiger charge is -2.10. The van der Waals surface area contributed by atoms with Crippen LogP contribution in [0, 0.1) is 6.92 Å². The molecule has 0 aliphatic heterocycles. The lowest BCUT2D eigenvalue weighted by atomic mass is 10.3. The van der Waals surface area contributed by atoms with Gasteiger partial charge in [0, 0.05) is 6.20 Å². The molecule has 1 unspecified atom stereocenters. The summed E-state index contributed by atoms with van der Waals surface area (Å²) in [5.74, 6) is -0.0536. The number of hydrogen-bond acceptors (Lipinski definition) is 4. The quantitative estimate of drug-likeness (QED) is 0.777. The molecule has 0 spiro atoms. The number of aromatic nitrogens is 1. The van der Waals surface area contributed by atoms with Crippen LogP contribution in [0.5, 0.6) is 0 Å². The van der Waals surface area contributed by atoms with Crippen molar-refractivity contribution < 1.29 is 22.7 Å². The lowest BCUT2D eigenvalue weighted by molar-refractivity contribution is 0.0691. The molecule has 7 nitrogen and oxygen atoms in total. The van der Waals surface area contributed by atoms with E-state index in [0.29, 0.717) is 11.5 Å². The lowest BCUT2D eigenvalue weighted by Crippen LogP contribution is -2.26. The Bertz CT molecular complexity index is 729. The molecule has 8 heteroatoms. The van der Waals surface area contributed by atoms with Gasteiger partial charge in [0.2, 0.25) is 10.0 Å². The zero-order chi connectivity index (χ0) is 14.9. The third kappa shape index (κ3) is 2.91. The van der Waals surface area contributed by atoms with Gasteiger partial charge in [-0.25, -0.2) is 17.9 Å². The number of sulfonamides is 1. The molecule has 2 heterocycles. The van der Waals surface area contributed by atoms with Gasteiger partial charge in [0.15, 0.2) is 0 Å². The van der Waals surface area contributed by atoms with Crippen LogP contribution in [0.15, 0.2) is 33.7 Å². The zero-order valence-corrected chi connectivity index (χ0v) is 11.7. The van der Waals surface area contributed by atoms with E-state index in [-0.39, 0.29) is 10.6 Å². The van der Waals surface area contributed by atoms with Crippen LogP contribution in [-0.4, -0.2) is 24.5 Å². The SMILES string of the molecule is Cc1ccc(C(C)NS(=O)(=O)c2c[nH]c(C(=O)O)c2)o1. The van der Waals surface area contributed by atoms with E-state index in [1.807, 2.05) is 0 Å². The van der Waals surface area contributed by atoms with Crippen LogP contribution in [0.25, 0.3) is 0 Å². The number of carboxylic acids is 1. The molecule has 0 fully saturated rings.